The van der Waals surface area contributed by atoms with E-state index in [-0.39, 0.29) is 16.3 Å². The molecule has 0 atom stereocenters. The molecule has 2 heterocycles. The molecule has 0 N–H and O–H groups in total. The average Bonchev–Trinajstić information content (AvgIpc) is 2.92. The highest BCUT2D eigenvalue weighted by Crippen LogP contribution is 2.30. The molecule has 0 radical (unpaired) electrons. The first-order valence-electron chi connectivity index (χ1n) is 9.08. The first-order valence-corrected chi connectivity index (χ1v) is 10.5. The molecular weight excluding hydrogens is 382 g/mol. The van der Waals surface area contributed by atoms with Gasteiger partial charge in [0.1, 0.15) is 11.2 Å². The third-order valence-corrected chi connectivity index (χ3v) is 6.82. The van der Waals surface area contributed by atoms with Gasteiger partial charge in [-0.2, -0.15) is 4.31 Å². The van der Waals surface area contributed by atoms with Crippen LogP contribution in [0.4, 0.5) is 5.69 Å². The highest BCUT2D eigenvalue weighted by atomic mass is 32.2. The van der Waals surface area contributed by atoms with Gasteiger partial charge in [0.2, 0.25) is 10.0 Å². The molecular formula is C18H19N5O4S. The Bertz CT molecular complexity index is 1130. The summed E-state index contributed by atoms with van der Waals surface area (Å²) in [5.41, 5.74) is 1.05. The first kappa shape index (κ1) is 18.5. The number of nitrogens with zero attached hydrogens (tertiary/aromatic N) is 5. The zero-order valence-corrected chi connectivity index (χ0v) is 15.9. The molecule has 0 saturated carbocycles. The Labute approximate surface area is 161 Å². The summed E-state index contributed by atoms with van der Waals surface area (Å²) in [6, 6.07) is 11.0. The number of nitro benzene ring substituents is 1. The van der Waals surface area contributed by atoms with Crippen LogP contribution in [-0.2, 0) is 10.0 Å². The summed E-state index contributed by atoms with van der Waals surface area (Å²) >= 11 is 0. The lowest BCUT2D eigenvalue weighted by Gasteiger charge is -2.20. The molecule has 0 spiro atoms. The molecule has 9 nitrogen and oxygen atoms in total. The van der Waals surface area contributed by atoms with Gasteiger partial charge in [-0.3, -0.25) is 10.1 Å². The van der Waals surface area contributed by atoms with E-state index in [2.05, 4.69) is 10.3 Å². The van der Waals surface area contributed by atoms with Gasteiger partial charge in [0.15, 0.2) is 0 Å². The summed E-state index contributed by atoms with van der Waals surface area (Å²) in [6.07, 6.45) is 3.57. The summed E-state index contributed by atoms with van der Waals surface area (Å²) < 4.78 is 28.8. The Kier molecular flexibility index (Phi) is 4.82. The Balaban J connectivity index is 1.80. The van der Waals surface area contributed by atoms with Gasteiger partial charge in [-0.25, -0.2) is 13.1 Å². The third kappa shape index (κ3) is 3.25. The van der Waals surface area contributed by atoms with Crippen molar-refractivity contribution in [3.8, 4) is 5.69 Å². The Morgan fingerprint density at radius 3 is 2.43 bits per heavy atom. The second-order valence-electron chi connectivity index (χ2n) is 6.72. The van der Waals surface area contributed by atoms with Crippen molar-refractivity contribution in [1.29, 1.82) is 0 Å². The van der Waals surface area contributed by atoms with Crippen LogP contribution in [0.1, 0.15) is 25.7 Å². The molecule has 2 aromatic carbocycles. The molecule has 3 aromatic rings. The Morgan fingerprint density at radius 2 is 1.71 bits per heavy atom. The second-order valence-corrected chi connectivity index (χ2v) is 8.65. The van der Waals surface area contributed by atoms with E-state index in [0.29, 0.717) is 24.1 Å². The number of sulfonamides is 1. The SMILES string of the molecule is O=[N+]([O-])c1cc(S(=O)(=O)N2CCCCCC2)ccc1-n1nnc2ccccc21. The number of para-hydroxylation sites is 1. The van der Waals surface area contributed by atoms with Gasteiger partial charge < -0.3 is 0 Å². The maximum Gasteiger partial charge on any atom is 0.296 e. The van der Waals surface area contributed by atoms with Crippen molar-refractivity contribution in [2.75, 3.05) is 13.1 Å². The van der Waals surface area contributed by atoms with E-state index in [0.717, 1.165) is 31.7 Å². The lowest BCUT2D eigenvalue weighted by Crippen LogP contribution is -2.32. The van der Waals surface area contributed by atoms with Crippen molar-refractivity contribution >= 4 is 26.7 Å². The quantitative estimate of drug-likeness (QED) is 0.491. The van der Waals surface area contributed by atoms with E-state index in [1.165, 1.54) is 21.1 Å². The number of rotatable bonds is 4. The number of fused-ring (bicyclic) bond motifs is 1. The van der Waals surface area contributed by atoms with Gasteiger partial charge in [-0.15, -0.1) is 5.10 Å². The van der Waals surface area contributed by atoms with Gasteiger partial charge in [0.05, 0.1) is 15.3 Å². The van der Waals surface area contributed by atoms with E-state index >= 15 is 0 Å². The van der Waals surface area contributed by atoms with Crippen LogP contribution in [0, 0.1) is 10.1 Å². The van der Waals surface area contributed by atoms with Crippen LogP contribution in [0.2, 0.25) is 0 Å². The Hall–Kier alpha value is -2.85. The van der Waals surface area contributed by atoms with Crippen LogP contribution < -0.4 is 0 Å². The number of benzene rings is 2. The van der Waals surface area contributed by atoms with Crippen LogP contribution in [0.3, 0.4) is 0 Å². The molecule has 0 bridgehead atoms. The first-order chi connectivity index (χ1) is 13.5. The van der Waals surface area contributed by atoms with Crippen LogP contribution in [-0.4, -0.2) is 45.7 Å². The summed E-state index contributed by atoms with van der Waals surface area (Å²) in [5, 5.41) is 19.7. The number of aromatic nitrogens is 3. The molecule has 1 saturated heterocycles. The van der Waals surface area contributed by atoms with Gasteiger partial charge in [-0.05, 0) is 37.1 Å². The maximum atomic E-state index is 13.0. The minimum Gasteiger partial charge on any atom is -0.258 e. The van der Waals surface area contributed by atoms with Crippen LogP contribution >= 0.6 is 0 Å². The van der Waals surface area contributed by atoms with E-state index in [1.807, 2.05) is 0 Å². The van der Waals surface area contributed by atoms with Gasteiger partial charge >= 0.3 is 0 Å². The normalized spacial score (nSPS) is 16.1. The highest BCUT2D eigenvalue weighted by Gasteiger charge is 2.29. The van der Waals surface area contributed by atoms with Crippen molar-refractivity contribution in [3.63, 3.8) is 0 Å². The van der Waals surface area contributed by atoms with Gasteiger partial charge in [0.25, 0.3) is 5.69 Å². The molecule has 0 amide bonds. The van der Waals surface area contributed by atoms with Crippen molar-refractivity contribution < 1.29 is 13.3 Å². The highest BCUT2D eigenvalue weighted by molar-refractivity contribution is 7.89. The van der Waals surface area contributed by atoms with Crippen LogP contribution in [0.25, 0.3) is 16.7 Å². The monoisotopic (exact) mass is 401 g/mol. The molecule has 28 heavy (non-hydrogen) atoms. The topological polar surface area (TPSA) is 111 Å². The molecule has 0 unspecified atom stereocenters. The zero-order chi connectivity index (χ0) is 19.7. The van der Waals surface area contributed by atoms with Crippen molar-refractivity contribution in [2.24, 2.45) is 0 Å². The predicted molar refractivity (Wildman–Crippen MR) is 103 cm³/mol. The van der Waals surface area contributed by atoms with Crippen molar-refractivity contribution in [2.45, 2.75) is 30.6 Å². The fourth-order valence-corrected chi connectivity index (χ4v) is 5.00. The molecule has 1 aromatic heterocycles. The summed E-state index contributed by atoms with van der Waals surface area (Å²) in [5.74, 6) is 0. The largest absolute Gasteiger partial charge is 0.296 e. The number of hydrogen-bond donors (Lipinski definition) is 0. The van der Waals surface area contributed by atoms with E-state index in [4.69, 9.17) is 0 Å². The Morgan fingerprint density at radius 1 is 1.00 bits per heavy atom. The lowest BCUT2D eigenvalue weighted by atomic mass is 10.2. The molecule has 1 aliphatic heterocycles. The minimum atomic E-state index is -3.79. The average molecular weight is 401 g/mol. The molecule has 146 valence electrons. The number of nitro groups is 1. The van der Waals surface area contributed by atoms with E-state index in [1.54, 1.807) is 24.3 Å². The minimum absolute atomic E-state index is 0.0747. The fraction of sp³-hybridized carbons (Fsp3) is 0.333. The van der Waals surface area contributed by atoms with E-state index in [9.17, 15) is 18.5 Å². The van der Waals surface area contributed by atoms with Crippen LogP contribution in [0.5, 0.6) is 0 Å². The smallest absolute Gasteiger partial charge is 0.258 e. The van der Waals surface area contributed by atoms with Crippen molar-refractivity contribution in [1.82, 2.24) is 19.3 Å². The standard InChI is InChI=1S/C18H19N5O4S/c24-23(25)18-13-14(28(26,27)21-11-5-1-2-6-12-21)9-10-17(18)22-16-8-4-3-7-15(16)19-20-22/h3-4,7-10,13H,1-2,5-6,11-12H2. The molecule has 1 aliphatic rings. The van der Waals surface area contributed by atoms with Gasteiger partial charge in [0, 0.05) is 19.2 Å². The molecule has 4 rings (SSSR count). The summed E-state index contributed by atoms with van der Waals surface area (Å²) in [7, 11) is -3.79. The number of hydrogen-bond acceptors (Lipinski definition) is 6. The predicted octanol–water partition coefficient (Wildman–Crippen LogP) is 2.89. The lowest BCUT2D eigenvalue weighted by molar-refractivity contribution is -0.384. The zero-order valence-electron chi connectivity index (χ0n) is 15.1. The van der Waals surface area contributed by atoms with Crippen LogP contribution in [0.15, 0.2) is 47.4 Å². The molecule has 1 fully saturated rings. The molecule has 10 heteroatoms. The second kappa shape index (κ2) is 7.28. The van der Waals surface area contributed by atoms with Crippen molar-refractivity contribution in [3.05, 3.63) is 52.6 Å². The van der Waals surface area contributed by atoms with Gasteiger partial charge in [-0.1, -0.05) is 30.2 Å². The molecule has 0 aliphatic carbocycles. The maximum absolute atomic E-state index is 13.0. The summed E-state index contributed by atoms with van der Waals surface area (Å²) in [4.78, 5) is 11.0. The third-order valence-electron chi connectivity index (χ3n) is 4.93. The van der Waals surface area contributed by atoms with E-state index < -0.39 is 14.9 Å². The summed E-state index contributed by atoms with van der Waals surface area (Å²) in [6.45, 7) is 0.872. The fourth-order valence-electron chi connectivity index (χ4n) is 3.47.